The number of nitrogens with zero attached hydrogens (tertiary/aromatic N) is 2. The topological polar surface area (TPSA) is 83.1 Å². The molecule has 0 aliphatic heterocycles. The van der Waals surface area contributed by atoms with E-state index in [2.05, 4.69) is 20.5 Å². The molecule has 0 unspecified atom stereocenters. The van der Waals surface area contributed by atoms with Crippen molar-refractivity contribution in [2.75, 3.05) is 13.2 Å². The van der Waals surface area contributed by atoms with Gasteiger partial charge in [-0.05, 0) is 31.2 Å². The highest BCUT2D eigenvalue weighted by molar-refractivity contribution is 5.87. The molecule has 0 radical (unpaired) electrons. The van der Waals surface area contributed by atoms with Crippen LogP contribution >= 0.6 is 0 Å². The van der Waals surface area contributed by atoms with E-state index in [1.54, 1.807) is 6.20 Å². The van der Waals surface area contributed by atoms with Gasteiger partial charge in [-0.1, -0.05) is 12.1 Å². The van der Waals surface area contributed by atoms with Gasteiger partial charge in [-0.3, -0.25) is 10.1 Å². The number of pyridine rings is 1. The molecule has 2 heterocycles. The molecule has 0 bridgehead atoms. The normalized spacial score (nSPS) is 12.4. The summed E-state index contributed by atoms with van der Waals surface area (Å²) in [5.74, 6) is 0.734. The fourth-order valence-corrected chi connectivity index (χ4v) is 2.42. The molecule has 0 spiro atoms. The smallest absolute Gasteiger partial charge is 0.130 e. The van der Waals surface area contributed by atoms with Gasteiger partial charge in [0.25, 0.3) is 0 Å². The lowest BCUT2D eigenvalue weighted by Crippen LogP contribution is -2.31. The Morgan fingerprint density at radius 2 is 2.17 bits per heavy atom. The van der Waals surface area contributed by atoms with Crippen molar-refractivity contribution in [2.45, 2.75) is 19.6 Å². The molecule has 3 aromatic rings. The number of aliphatic hydroxyl groups excluding tert-OH is 1. The maximum atomic E-state index is 10.0. The lowest BCUT2D eigenvalue weighted by molar-refractivity contribution is 0.107. The van der Waals surface area contributed by atoms with Gasteiger partial charge in [0.1, 0.15) is 18.5 Å². The summed E-state index contributed by atoms with van der Waals surface area (Å²) in [6.07, 6.45) is 1.16. The van der Waals surface area contributed by atoms with E-state index in [4.69, 9.17) is 4.74 Å². The number of hydrogen-bond acceptors (Lipinski definition) is 5. The number of hydrogen-bond donors (Lipinski definition) is 3. The molecule has 0 fully saturated rings. The van der Waals surface area contributed by atoms with Gasteiger partial charge in [-0.15, -0.1) is 0 Å². The second-order valence-corrected chi connectivity index (χ2v) is 5.42. The number of aliphatic hydroxyl groups is 1. The number of aryl methyl sites for hydroxylation is 1. The molecular formula is C17H20N4O2. The molecule has 3 rings (SSSR count). The maximum Gasteiger partial charge on any atom is 0.130 e. The summed E-state index contributed by atoms with van der Waals surface area (Å²) in [6, 6.07) is 11.5. The lowest BCUT2D eigenvalue weighted by atomic mass is 10.2. The second kappa shape index (κ2) is 7.21. The molecule has 23 heavy (non-hydrogen) atoms. The Bertz CT molecular complexity index is 758. The maximum absolute atomic E-state index is 10.0. The molecule has 0 saturated carbocycles. The van der Waals surface area contributed by atoms with Crippen molar-refractivity contribution in [3.8, 4) is 5.75 Å². The summed E-state index contributed by atoms with van der Waals surface area (Å²) in [7, 11) is 0. The molecule has 120 valence electrons. The second-order valence-electron chi connectivity index (χ2n) is 5.42. The monoisotopic (exact) mass is 312 g/mol. The number of benzene rings is 1. The van der Waals surface area contributed by atoms with Crippen LogP contribution in [0.3, 0.4) is 0 Å². The Labute approximate surface area is 134 Å². The van der Waals surface area contributed by atoms with Crippen molar-refractivity contribution in [1.82, 2.24) is 20.5 Å². The van der Waals surface area contributed by atoms with Crippen molar-refractivity contribution in [3.05, 3.63) is 54.0 Å². The third kappa shape index (κ3) is 3.85. The standard InChI is InChI=1S/C17H20N4O2/c1-12-17-15(21-20-12)6-4-7-16(17)23-11-14(22)10-18-9-13-5-2-3-8-19-13/h2-8,14,18,22H,9-11H2,1H3,(H,20,21)/t14-/m0/s1. The molecule has 0 saturated heterocycles. The van der Waals surface area contributed by atoms with Crippen LogP contribution < -0.4 is 10.1 Å². The van der Waals surface area contributed by atoms with E-state index in [0.29, 0.717) is 13.1 Å². The summed E-state index contributed by atoms with van der Waals surface area (Å²) in [6.45, 7) is 3.23. The fourth-order valence-electron chi connectivity index (χ4n) is 2.42. The van der Waals surface area contributed by atoms with Crippen LogP contribution in [0.1, 0.15) is 11.4 Å². The van der Waals surface area contributed by atoms with Gasteiger partial charge >= 0.3 is 0 Å². The minimum atomic E-state index is -0.596. The van der Waals surface area contributed by atoms with Crippen LogP contribution in [0.5, 0.6) is 5.75 Å². The number of aromatic nitrogens is 3. The number of ether oxygens (including phenoxy) is 1. The first kappa shape index (κ1) is 15.5. The Balaban J connectivity index is 1.50. The summed E-state index contributed by atoms with van der Waals surface area (Å²) in [5.41, 5.74) is 2.76. The van der Waals surface area contributed by atoms with Gasteiger partial charge in [0, 0.05) is 25.0 Å². The van der Waals surface area contributed by atoms with E-state index in [9.17, 15) is 5.11 Å². The molecule has 3 N–H and O–H groups in total. The fraction of sp³-hybridized carbons (Fsp3) is 0.294. The Kier molecular flexibility index (Phi) is 4.85. The predicted octanol–water partition coefficient (Wildman–Crippen LogP) is 1.80. The van der Waals surface area contributed by atoms with Gasteiger partial charge in [-0.25, -0.2) is 0 Å². The van der Waals surface area contributed by atoms with E-state index in [0.717, 1.165) is 28.0 Å². The Hall–Kier alpha value is -2.44. The van der Waals surface area contributed by atoms with Crippen molar-refractivity contribution in [3.63, 3.8) is 0 Å². The number of nitrogens with one attached hydrogen (secondary N) is 2. The Morgan fingerprint density at radius 1 is 1.26 bits per heavy atom. The third-order valence-corrected chi connectivity index (χ3v) is 3.57. The zero-order chi connectivity index (χ0) is 16.1. The summed E-state index contributed by atoms with van der Waals surface area (Å²) < 4.78 is 5.76. The van der Waals surface area contributed by atoms with Crippen LogP contribution in [0.4, 0.5) is 0 Å². The van der Waals surface area contributed by atoms with Crippen molar-refractivity contribution in [1.29, 1.82) is 0 Å². The first-order valence-electron chi connectivity index (χ1n) is 7.59. The third-order valence-electron chi connectivity index (χ3n) is 3.57. The van der Waals surface area contributed by atoms with Crippen molar-refractivity contribution >= 4 is 10.9 Å². The quantitative estimate of drug-likeness (QED) is 0.619. The van der Waals surface area contributed by atoms with Crippen molar-refractivity contribution < 1.29 is 9.84 Å². The van der Waals surface area contributed by atoms with Gasteiger partial charge in [0.15, 0.2) is 0 Å². The highest BCUT2D eigenvalue weighted by Gasteiger charge is 2.10. The molecule has 1 aromatic carbocycles. The molecule has 0 aliphatic rings. The molecule has 0 amide bonds. The van der Waals surface area contributed by atoms with Crippen LogP contribution in [0.25, 0.3) is 10.9 Å². The predicted molar refractivity (Wildman–Crippen MR) is 88.3 cm³/mol. The van der Waals surface area contributed by atoms with Crippen LogP contribution in [-0.2, 0) is 6.54 Å². The van der Waals surface area contributed by atoms with Crippen LogP contribution in [0, 0.1) is 6.92 Å². The average Bonchev–Trinajstić information content (AvgIpc) is 2.96. The van der Waals surface area contributed by atoms with Crippen LogP contribution in [0.15, 0.2) is 42.6 Å². The van der Waals surface area contributed by atoms with Crippen molar-refractivity contribution in [2.24, 2.45) is 0 Å². The average molecular weight is 312 g/mol. The van der Waals surface area contributed by atoms with E-state index >= 15 is 0 Å². The number of H-pyrrole nitrogens is 1. The highest BCUT2D eigenvalue weighted by atomic mass is 16.5. The first-order chi connectivity index (χ1) is 11.2. The number of fused-ring (bicyclic) bond motifs is 1. The minimum Gasteiger partial charge on any atom is -0.490 e. The summed E-state index contributed by atoms with van der Waals surface area (Å²) >= 11 is 0. The van der Waals surface area contributed by atoms with Gasteiger partial charge in [0.05, 0.1) is 16.6 Å². The molecule has 0 aliphatic carbocycles. The largest absolute Gasteiger partial charge is 0.490 e. The van der Waals surface area contributed by atoms with Crippen LogP contribution in [-0.4, -0.2) is 39.5 Å². The molecule has 1 atom stereocenters. The zero-order valence-electron chi connectivity index (χ0n) is 13.0. The van der Waals surface area contributed by atoms with Crippen LogP contribution in [0.2, 0.25) is 0 Å². The van der Waals surface area contributed by atoms with Gasteiger partial charge in [0.2, 0.25) is 0 Å². The van der Waals surface area contributed by atoms with Gasteiger partial charge in [-0.2, -0.15) is 5.10 Å². The van der Waals surface area contributed by atoms with E-state index < -0.39 is 6.10 Å². The Morgan fingerprint density at radius 3 is 3.00 bits per heavy atom. The van der Waals surface area contributed by atoms with E-state index in [-0.39, 0.29) is 6.61 Å². The SMILES string of the molecule is Cc1[nH]nc2cccc(OC[C@@H](O)CNCc3ccccn3)c12. The molecule has 6 nitrogen and oxygen atoms in total. The van der Waals surface area contributed by atoms with E-state index in [1.807, 2.05) is 43.3 Å². The summed E-state index contributed by atoms with van der Waals surface area (Å²) in [5, 5.41) is 21.3. The molecular weight excluding hydrogens is 292 g/mol. The summed E-state index contributed by atoms with van der Waals surface area (Å²) in [4.78, 5) is 4.22. The minimum absolute atomic E-state index is 0.221. The number of aromatic amines is 1. The highest BCUT2D eigenvalue weighted by Crippen LogP contribution is 2.26. The molecule has 6 heteroatoms. The van der Waals surface area contributed by atoms with Gasteiger partial charge < -0.3 is 15.2 Å². The number of rotatable bonds is 7. The molecule has 2 aromatic heterocycles. The van der Waals surface area contributed by atoms with E-state index in [1.165, 1.54) is 0 Å². The lowest BCUT2D eigenvalue weighted by Gasteiger charge is -2.14. The first-order valence-corrected chi connectivity index (χ1v) is 7.59. The zero-order valence-corrected chi connectivity index (χ0v) is 13.0.